The Morgan fingerprint density at radius 2 is 0.897 bits per heavy atom. The van der Waals surface area contributed by atoms with Gasteiger partial charge in [-0.15, -0.1) is 0 Å². The molecule has 78 heavy (non-hydrogen) atoms. The van der Waals surface area contributed by atoms with Crippen molar-refractivity contribution in [2.24, 2.45) is 0 Å². The first-order valence-corrected chi connectivity index (χ1v) is 24.9. The fourth-order valence-electron chi connectivity index (χ4n) is 10.8. The Morgan fingerprint density at radius 1 is 0.359 bits per heavy atom. The molecule has 0 amide bonds. The van der Waals surface area contributed by atoms with Gasteiger partial charge in [-0.3, -0.25) is 0 Å². The second kappa shape index (κ2) is 18.9. The number of fused-ring (bicyclic) bond motifs is 6. The highest BCUT2D eigenvalue weighted by Gasteiger charge is 2.24. The van der Waals surface area contributed by atoms with Gasteiger partial charge >= 0.3 is 0 Å². The molecular weight excluding hydrogens is 957 g/mol. The molecule has 3 aromatic heterocycles. The first-order valence-electron chi connectivity index (χ1n) is 24.9. The predicted octanol–water partition coefficient (Wildman–Crippen LogP) is 16.8. The molecule has 358 valence electrons. The summed E-state index contributed by atoms with van der Waals surface area (Å²) in [5, 5.41) is 35.2. The molecule has 0 bridgehead atoms. The van der Waals surface area contributed by atoms with Gasteiger partial charge in [-0.25, -0.2) is 24.6 Å². The van der Waals surface area contributed by atoms with Crippen molar-refractivity contribution in [1.82, 2.24) is 24.1 Å². The minimum Gasteiger partial charge on any atom is -0.309 e. The highest BCUT2D eigenvalue weighted by atomic mass is 15.0. The Kier molecular flexibility index (Phi) is 11.2. The number of nitriles is 3. The number of para-hydroxylation sites is 2. The minimum atomic E-state index is 0.399. The van der Waals surface area contributed by atoms with E-state index in [1.807, 2.05) is 140 Å². The SMILES string of the molecule is [C-]#[N+]c1ccc(-c2ccc3c(c2)c2ccccc2n3-c2cc(-c3nc(-c4ccccc4)nc(-c4ccccc4)n3)ccc2-c2cccc(-n3c4ccccc4c4cc(-c5ccc(C#N)cc5C#N)ccc43)c2C#N)c([N+]#[C-])c1. The maximum absolute atomic E-state index is 11.6. The zero-order valence-corrected chi connectivity index (χ0v) is 41.3. The number of hydrogen-bond acceptors (Lipinski definition) is 6. The van der Waals surface area contributed by atoms with E-state index in [0.29, 0.717) is 56.8 Å². The van der Waals surface area contributed by atoms with Crippen LogP contribution in [0.2, 0.25) is 0 Å². The van der Waals surface area contributed by atoms with E-state index in [2.05, 4.69) is 91.6 Å². The normalized spacial score (nSPS) is 11.0. The van der Waals surface area contributed by atoms with Crippen LogP contribution in [-0.2, 0) is 0 Å². The first kappa shape index (κ1) is 46.1. The number of benzene rings is 10. The van der Waals surface area contributed by atoms with Crippen molar-refractivity contribution in [3.63, 3.8) is 0 Å². The summed E-state index contributed by atoms with van der Waals surface area (Å²) in [6, 6.07) is 78.0. The second-order valence-electron chi connectivity index (χ2n) is 18.7. The maximum Gasteiger partial charge on any atom is 0.184 e. The third-order valence-electron chi connectivity index (χ3n) is 14.3. The molecule has 0 aliphatic carbocycles. The average molecular weight is 993 g/mol. The van der Waals surface area contributed by atoms with Crippen molar-refractivity contribution >= 4 is 55.0 Å². The summed E-state index contributed by atoms with van der Waals surface area (Å²) in [7, 11) is 0. The van der Waals surface area contributed by atoms with Crippen molar-refractivity contribution in [3.8, 4) is 97.1 Å². The van der Waals surface area contributed by atoms with Crippen LogP contribution in [0.15, 0.2) is 218 Å². The lowest BCUT2D eigenvalue weighted by atomic mass is 9.95. The molecule has 0 saturated carbocycles. The van der Waals surface area contributed by atoms with Crippen molar-refractivity contribution in [3.05, 3.63) is 258 Å². The van der Waals surface area contributed by atoms with Crippen LogP contribution in [-0.4, -0.2) is 24.1 Å². The van der Waals surface area contributed by atoms with Gasteiger partial charge in [0.15, 0.2) is 28.8 Å². The predicted molar refractivity (Wildman–Crippen MR) is 308 cm³/mol. The Morgan fingerprint density at radius 3 is 1.49 bits per heavy atom. The topological polar surface area (TPSA) is 129 Å². The smallest absolute Gasteiger partial charge is 0.184 e. The largest absolute Gasteiger partial charge is 0.309 e. The lowest BCUT2D eigenvalue weighted by molar-refractivity contribution is 1.07. The maximum atomic E-state index is 11.6. The van der Waals surface area contributed by atoms with Gasteiger partial charge in [0.25, 0.3) is 0 Å². The van der Waals surface area contributed by atoms with E-state index in [0.717, 1.165) is 93.8 Å². The van der Waals surface area contributed by atoms with E-state index in [4.69, 9.17) is 28.1 Å². The Labute approximate surface area is 447 Å². The summed E-state index contributed by atoms with van der Waals surface area (Å²) < 4.78 is 4.37. The van der Waals surface area contributed by atoms with Crippen molar-refractivity contribution < 1.29 is 0 Å². The Bertz CT molecular complexity index is 4800. The van der Waals surface area contributed by atoms with E-state index in [1.165, 1.54) is 0 Å². The molecule has 0 aliphatic rings. The third kappa shape index (κ3) is 7.66. The van der Waals surface area contributed by atoms with Gasteiger partial charge in [-0.1, -0.05) is 158 Å². The first-order chi connectivity index (χ1) is 38.4. The van der Waals surface area contributed by atoms with E-state index < -0.39 is 0 Å². The molecule has 0 fully saturated rings. The summed E-state index contributed by atoms with van der Waals surface area (Å²) in [4.78, 5) is 22.7. The van der Waals surface area contributed by atoms with Crippen molar-refractivity contribution in [2.75, 3.05) is 0 Å². The van der Waals surface area contributed by atoms with Crippen LogP contribution in [0.5, 0.6) is 0 Å². The van der Waals surface area contributed by atoms with Crippen LogP contribution < -0.4 is 0 Å². The van der Waals surface area contributed by atoms with E-state index in [1.54, 1.807) is 24.3 Å². The van der Waals surface area contributed by atoms with E-state index >= 15 is 0 Å². The molecule has 0 saturated heterocycles. The van der Waals surface area contributed by atoms with Gasteiger partial charge in [0.05, 0.1) is 75.4 Å². The molecule has 0 radical (unpaired) electrons. The van der Waals surface area contributed by atoms with Gasteiger partial charge < -0.3 is 9.13 Å². The van der Waals surface area contributed by atoms with Crippen LogP contribution in [0, 0.1) is 47.1 Å². The van der Waals surface area contributed by atoms with Gasteiger partial charge in [0.1, 0.15) is 6.07 Å². The van der Waals surface area contributed by atoms with Crippen molar-refractivity contribution in [2.45, 2.75) is 0 Å². The van der Waals surface area contributed by atoms with Crippen LogP contribution in [0.3, 0.4) is 0 Å². The van der Waals surface area contributed by atoms with Crippen LogP contribution in [0.25, 0.3) is 132 Å². The fourth-order valence-corrected chi connectivity index (χ4v) is 10.8. The quantitative estimate of drug-likeness (QED) is 0.139. The Hall–Kier alpha value is -11.7. The third-order valence-corrected chi connectivity index (χ3v) is 14.3. The van der Waals surface area contributed by atoms with Crippen molar-refractivity contribution in [1.29, 1.82) is 15.8 Å². The molecule has 13 aromatic rings. The standard InChI is InChI=1S/C68H36N10/c1-72-49-28-31-51(59(38-49)73-2)46-27-33-64-57(36-46)54-19-10-12-22-61(54)78(64)65-37-47(68-75-66(43-14-5-3-6-15-43)74-67(76-68)44-16-7-4-8-17-44)25-30-55(65)52-20-13-23-62(58(52)41-71)77-60-21-11-9-18-53(60)56-35-45(26-32-63(56)77)50-29-24-42(39-69)34-48(50)40-70/h3-38H. The van der Waals surface area contributed by atoms with Crippen LogP contribution in [0.4, 0.5) is 11.4 Å². The molecule has 10 aromatic carbocycles. The highest BCUT2D eigenvalue weighted by Crippen LogP contribution is 2.44. The second-order valence-corrected chi connectivity index (χ2v) is 18.7. The minimum absolute atomic E-state index is 0.399. The van der Waals surface area contributed by atoms with Crippen LogP contribution in [0.1, 0.15) is 16.7 Å². The van der Waals surface area contributed by atoms with E-state index in [-0.39, 0.29) is 0 Å². The van der Waals surface area contributed by atoms with Gasteiger partial charge in [-0.2, -0.15) is 15.8 Å². The molecule has 0 spiro atoms. The highest BCUT2D eigenvalue weighted by molar-refractivity contribution is 6.13. The molecule has 3 heterocycles. The summed E-state index contributed by atoms with van der Waals surface area (Å²) >= 11 is 0. The molecule has 10 heteroatoms. The van der Waals surface area contributed by atoms with Gasteiger partial charge in [0, 0.05) is 49.4 Å². The molecule has 0 N–H and O–H groups in total. The van der Waals surface area contributed by atoms with Gasteiger partial charge in [-0.05, 0) is 82.9 Å². The molecule has 0 aliphatic heterocycles. The van der Waals surface area contributed by atoms with Crippen LogP contribution >= 0.6 is 0 Å². The number of rotatable bonds is 8. The zero-order valence-electron chi connectivity index (χ0n) is 41.3. The molecule has 0 atom stereocenters. The van der Waals surface area contributed by atoms with Gasteiger partial charge in [0.2, 0.25) is 0 Å². The summed E-state index contributed by atoms with van der Waals surface area (Å²) in [6.45, 7) is 15.6. The molecule has 10 nitrogen and oxygen atoms in total. The summed E-state index contributed by atoms with van der Waals surface area (Å²) in [5.41, 5.74) is 14.1. The molecule has 13 rings (SSSR count). The lowest BCUT2D eigenvalue weighted by Gasteiger charge is -2.19. The molecular formula is C68H36N10. The number of aromatic nitrogens is 5. The monoisotopic (exact) mass is 992 g/mol. The zero-order chi connectivity index (χ0) is 52.9. The molecule has 0 unspecified atom stereocenters. The van der Waals surface area contributed by atoms with E-state index in [9.17, 15) is 15.8 Å². The number of hydrogen-bond donors (Lipinski definition) is 0. The summed E-state index contributed by atoms with van der Waals surface area (Å²) in [5.74, 6) is 1.52. The fraction of sp³-hybridized carbons (Fsp3) is 0. The average Bonchev–Trinajstić information content (AvgIpc) is 4.26. The number of nitrogens with zero attached hydrogens (tertiary/aromatic N) is 10. The lowest BCUT2D eigenvalue weighted by Crippen LogP contribution is -2.04. The Balaban J connectivity index is 1.06. The summed E-state index contributed by atoms with van der Waals surface area (Å²) in [6.07, 6.45) is 0.